The summed E-state index contributed by atoms with van der Waals surface area (Å²) in [6.07, 6.45) is 1.15. The molecule has 30 heavy (non-hydrogen) atoms. The number of hydrogen-bond acceptors (Lipinski definition) is 8. The zero-order valence-electron chi connectivity index (χ0n) is 18.2. The van der Waals surface area contributed by atoms with Crippen LogP contribution in [0.3, 0.4) is 0 Å². The molecule has 1 fully saturated rings. The van der Waals surface area contributed by atoms with Crippen LogP contribution >= 0.6 is 11.9 Å². The number of methoxy groups -OCH3 is 1. The number of imidazole rings is 1. The van der Waals surface area contributed by atoms with Gasteiger partial charge in [-0.05, 0) is 13.1 Å². The summed E-state index contributed by atoms with van der Waals surface area (Å²) in [5, 5.41) is 2.60. The van der Waals surface area contributed by atoms with Crippen LogP contribution in [0.15, 0.2) is 12.1 Å². The maximum absolute atomic E-state index is 12.6. The lowest BCUT2D eigenvalue weighted by Gasteiger charge is -2.30. The molecule has 0 radical (unpaired) electrons. The van der Waals surface area contributed by atoms with E-state index in [0.29, 0.717) is 28.3 Å². The van der Waals surface area contributed by atoms with Crippen LogP contribution in [-0.2, 0) is 15.4 Å². The zero-order valence-corrected chi connectivity index (χ0v) is 19.9. The average Bonchev–Trinajstić information content (AvgIpc) is 3.02. The number of nitrogens with one attached hydrogen (secondary N) is 1. The molecule has 0 spiro atoms. The molecule has 1 saturated heterocycles. The second-order valence-corrected chi connectivity index (χ2v) is 11.4. The Morgan fingerprint density at radius 2 is 1.83 bits per heavy atom. The lowest BCUT2D eigenvalue weighted by molar-refractivity contribution is 0.232. The molecule has 1 aromatic heterocycles. The fourth-order valence-corrected chi connectivity index (χ4v) is 5.16. The van der Waals surface area contributed by atoms with Gasteiger partial charge in [-0.2, -0.15) is 0 Å². The summed E-state index contributed by atoms with van der Waals surface area (Å²) < 4.78 is 33.8. The van der Waals surface area contributed by atoms with Crippen LogP contribution in [0.25, 0.3) is 11.0 Å². The normalized spacial score (nSPS) is 16.7. The number of fused-ring (bicyclic) bond motifs is 1. The van der Waals surface area contributed by atoms with Crippen LogP contribution in [0.1, 0.15) is 26.6 Å². The van der Waals surface area contributed by atoms with E-state index < -0.39 is 15.4 Å². The van der Waals surface area contributed by atoms with Gasteiger partial charge in [0.2, 0.25) is 10.0 Å². The number of rotatable bonds is 4. The summed E-state index contributed by atoms with van der Waals surface area (Å²) in [7, 11) is -0.0529. The van der Waals surface area contributed by atoms with E-state index in [1.807, 2.05) is 25.1 Å². The molecule has 0 saturated carbocycles. The summed E-state index contributed by atoms with van der Waals surface area (Å²) >= 11 is 1.12. The van der Waals surface area contributed by atoms with E-state index in [2.05, 4.69) is 22.2 Å². The number of ether oxygens (including phenoxy) is 1. The Kier molecular flexibility index (Phi) is 6.38. The Hall–Kier alpha value is -1.82. The highest BCUT2D eigenvalue weighted by molar-refractivity contribution is 8.11. The summed E-state index contributed by atoms with van der Waals surface area (Å²) in [5.74, 6) is 0.853. The first kappa shape index (κ1) is 22.9. The molecule has 1 aliphatic heterocycles. The Bertz CT molecular complexity index is 1050. The van der Waals surface area contributed by atoms with Crippen LogP contribution in [0.2, 0.25) is 0 Å². The van der Waals surface area contributed by atoms with Gasteiger partial charge in [-0.25, -0.2) is 21.7 Å². The second kappa shape index (κ2) is 8.37. The van der Waals surface area contributed by atoms with Crippen LogP contribution in [-0.4, -0.2) is 78.4 Å². The van der Waals surface area contributed by atoms with Gasteiger partial charge in [0.15, 0.2) is 0 Å². The van der Waals surface area contributed by atoms with Gasteiger partial charge >= 0.3 is 0 Å². The number of hydrogen-bond donors (Lipinski definition) is 1. The molecular weight excluding hydrogens is 426 g/mol. The van der Waals surface area contributed by atoms with Gasteiger partial charge in [0.1, 0.15) is 11.6 Å². The third-order valence-corrected chi connectivity index (χ3v) is 6.77. The third-order valence-electron chi connectivity index (χ3n) is 4.85. The molecule has 0 bridgehead atoms. The predicted octanol–water partition coefficient (Wildman–Crippen LogP) is 2.58. The highest BCUT2D eigenvalue weighted by Crippen LogP contribution is 2.35. The monoisotopic (exact) mass is 455 g/mol. The summed E-state index contributed by atoms with van der Waals surface area (Å²) in [5.41, 5.74) is 0.813. The predicted molar refractivity (Wildman–Crippen MR) is 121 cm³/mol. The first-order valence-corrected chi connectivity index (χ1v) is 12.3. The Labute approximate surface area is 181 Å². The van der Waals surface area contributed by atoms with Crippen molar-refractivity contribution in [2.45, 2.75) is 26.2 Å². The fourth-order valence-electron chi connectivity index (χ4n) is 3.29. The summed E-state index contributed by atoms with van der Waals surface area (Å²) in [6.45, 7) is 9.10. The Morgan fingerprint density at radius 1 is 1.20 bits per heavy atom. The average molecular weight is 456 g/mol. The molecule has 1 N–H and O–H groups in total. The minimum absolute atomic E-state index is 0.251. The van der Waals surface area contributed by atoms with Gasteiger partial charge in [-0.1, -0.05) is 20.8 Å². The first-order valence-electron chi connectivity index (χ1n) is 9.64. The van der Waals surface area contributed by atoms with Crippen LogP contribution in [0, 0.1) is 0 Å². The number of benzene rings is 1. The number of nitrogens with zero attached hydrogens (tertiary/aromatic N) is 4. The van der Waals surface area contributed by atoms with Crippen molar-refractivity contribution in [1.82, 2.24) is 18.2 Å². The van der Waals surface area contributed by atoms with E-state index in [9.17, 15) is 13.2 Å². The number of anilines is 1. The highest BCUT2D eigenvalue weighted by atomic mass is 32.2. The molecule has 1 aromatic carbocycles. The van der Waals surface area contributed by atoms with E-state index in [1.54, 1.807) is 12.1 Å². The van der Waals surface area contributed by atoms with E-state index in [-0.39, 0.29) is 5.24 Å². The van der Waals surface area contributed by atoms with Crippen molar-refractivity contribution in [3.8, 4) is 5.75 Å². The highest BCUT2D eigenvalue weighted by Gasteiger charge is 2.28. The number of aromatic nitrogens is 2. The Morgan fingerprint density at radius 3 is 2.37 bits per heavy atom. The fraction of sp³-hybridized carbons (Fsp3) is 0.579. The van der Waals surface area contributed by atoms with Gasteiger partial charge < -0.3 is 15.0 Å². The molecule has 0 unspecified atom stereocenters. The number of piperazine rings is 1. The summed E-state index contributed by atoms with van der Waals surface area (Å²) in [4.78, 5) is 19.4. The molecule has 0 aliphatic carbocycles. The molecule has 2 aromatic rings. The van der Waals surface area contributed by atoms with Crippen molar-refractivity contribution in [2.75, 3.05) is 51.9 Å². The second-order valence-electron chi connectivity index (χ2n) is 8.49. The quantitative estimate of drug-likeness (QED) is 0.703. The lowest BCUT2D eigenvalue weighted by atomic mass is 9.96. The smallest absolute Gasteiger partial charge is 0.298 e. The van der Waals surface area contributed by atoms with E-state index in [0.717, 1.165) is 44.4 Å². The van der Waals surface area contributed by atoms with Gasteiger partial charge in [0, 0.05) is 49.6 Å². The van der Waals surface area contributed by atoms with Crippen LogP contribution in [0.4, 0.5) is 10.5 Å². The molecule has 166 valence electrons. The topological polar surface area (TPSA) is 96.8 Å². The van der Waals surface area contributed by atoms with E-state index in [4.69, 9.17) is 4.74 Å². The van der Waals surface area contributed by atoms with Gasteiger partial charge in [0.25, 0.3) is 5.24 Å². The van der Waals surface area contributed by atoms with Gasteiger partial charge in [-0.15, -0.1) is 0 Å². The number of carbonyl (C=O) groups excluding carboxylic acids is 1. The van der Waals surface area contributed by atoms with Gasteiger partial charge in [-0.3, -0.25) is 4.79 Å². The Balaban J connectivity index is 1.97. The summed E-state index contributed by atoms with van der Waals surface area (Å²) in [6, 6.07) is 3.27. The molecule has 11 heteroatoms. The van der Waals surface area contributed by atoms with Crippen molar-refractivity contribution < 1.29 is 17.9 Å². The minimum Gasteiger partial charge on any atom is -0.494 e. The standard InChI is InChI=1S/C19H29N5O4S2/c1-19(2,3)17-20-13-12-16(28-5)14(11-15(13)24(17)30(6,26)27)21-18(25)29-23-9-7-22(4)8-10-23/h11-12H,7-10H2,1-6H3,(H,21,25). The van der Waals surface area contributed by atoms with Crippen molar-refractivity contribution in [1.29, 1.82) is 0 Å². The van der Waals surface area contributed by atoms with E-state index in [1.165, 1.54) is 11.1 Å². The zero-order chi connectivity index (χ0) is 22.3. The van der Waals surface area contributed by atoms with Crippen LogP contribution < -0.4 is 10.1 Å². The number of carbonyl (C=O) groups is 1. The lowest BCUT2D eigenvalue weighted by Crippen LogP contribution is -2.41. The molecular formula is C19H29N5O4S2. The first-order chi connectivity index (χ1) is 13.9. The minimum atomic E-state index is -3.61. The van der Waals surface area contributed by atoms with E-state index >= 15 is 0 Å². The number of likely N-dealkylation sites (N-methyl/N-ethyl adjacent to an activating group) is 1. The van der Waals surface area contributed by atoms with Crippen molar-refractivity contribution in [3.63, 3.8) is 0 Å². The van der Waals surface area contributed by atoms with Crippen molar-refractivity contribution in [3.05, 3.63) is 18.0 Å². The third kappa shape index (κ3) is 4.90. The van der Waals surface area contributed by atoms with Gasteiger partial charge in [0.05, 0.1) is 30.1 Å². The van der Waals surface area contributed by atoms with Crippen molar-refractivity contribution >= 4 is 43.9 Å². The molecule has 2 heterocycles. The molecule has 3 rings (SSSR count). The molecule has 0 atom stereocenters. The molecule has 1 aliphatic rings. The maximum Gasteiger partial charge on any atom is 0.298 e. The SMILES string of the molecule is COc1cc2nc(C(C)(C)C)n(S(C)(=O)=O)c2cc1NC(=O)SN1CCN(C)CC1. The van der Waals surface area contributed by atoms with Crippen LogP contribution in [0.5, 0.6) is 5.75 Å². The van der Waals surface area contributed by atoms with Crippen molar-refractivity contribution in [2.24, 2.45) is 0 Å². The maximum atomic E-state index is 12.6. The molecule has 9 nitrogen and oxygen atoms in total. The molecule has 1 amide bonds. The number of amides is 1. The largest absolute Gasteiger partial charge is 0.494 e.